The van der Waals surface area contributed by atoms with Gasteiger partial charge in [-0.1, -0.05) is 36.7 Å². The van der Waals surface area contributed by atoms with Crippen molar-refractivity contribution < 1.29 is 4.74 Å². The van der Waals surface area contributed by atoms with Crippen molar-refractivity contribution in [3.63, 3.8) is 0 Å². The second-order valence-electron chi connectivity index (χ2n) is 7.40. The van der Waals surface area contributed by atoms with Crippen LogP contribution in [0.5, 0.6) is 5.75 Å². The number of fused-ring (bicyclic) bond motifs is 2. The molecule has 0 radical (unpaired) electrons. The van der Waals surface area contributed by atoms with Crippen LogP contribution in [0.25, 0.3) is 0 Å². The molecule has 21 heavy (non-hydrogen) atoms. The highest BCUT2D eigenvalue weighted by Gasteiger charge is 2.55. The summed E-state index contributed by atoms with van der Waals surface area (Å²) >= 11 is 3.55. The second-order valence-corrected chi connectivity index (χ2v) is 8.31. The topological polar surface area (TPSA) is 21.3 Å². The van der Waals surface area contributed by atoms with Crippen LogP contribution >= 0.6 is 15.9 Å². The van der Waals surface area contributed by atoms with E-state index in [9.17, 15) is 0 Å². The Balaban J connectivity index is 1.65. The first-order chi connectivity index (χ1) is 9.93. The highest BCUT2D eigenvalue weighted by molar-refractivity contribution is 9.10. The summed E-state index contributed by atoms with van der Waals surface area (Å²) < 4.78 is 6.58. The first kappa shape index (κ1) is 15.4. The fraction of sp³-hybridized carbons (Fsp3) is 0.667. The maximum atomic E-state index is 5.47. The lowest BCUT2D eigenvalue weighted by Gasteiger charge is -2.62. The van der Waals surface area contributed by atoms with Crippen LogP contribution < -0.4 is 10.1 Å². The third-order valence-corrected chi connectivity index (χ3v) is 6.64. The fourth-order valence-electron chi connectivity index (χ4n) is 4.55. The van der Waals surface area contributed by atoms with E-state index in [4.69, 9.17) is 4.74 Å². The van der Waals surface area contributed by atoms with Crippen LogP contribution in [0, 0.1) is 23.2 Å². The lowest BCUT2D eigenvalue weighted by Crippen LogP contribution is -2.59. The van der Waals surface area contributed by atoms with Gasteiger partial charge in [0.1, 0.15) is 5.75 Å². The molecule has 2 bridgehead atoms. The number of nitrogens with one attached hydrogen (secondary N) is 1. The molecule has 3 saturated carbocycles. The molecule has 116 valence electrons. The minimum absolute atomic E-state index is 0.561. The molecule has 1 N–H and O–H groups in total. The predicted molar refractivity (Wildman–Crippen MR) is 90.5 cm³/mol. The Morgan fingerprint density at radius 1 is 1.33 bits per heavy atom. The van der Waals surface area contributed by atoms with Gasteiger partial charge in [0.25, 0.3) is 0 Å². The van der Waals surface area contributed by atoms with E-state index in [0.29, 0.717) is 11.5 Å². The predicted octanol–water partition coefficient (Wildman–Crippen LogP) is 4.62. The van der Waals surface area contributed by atoms with Crippen molar-refractivity contribution in [3.8, 4) is 5.75 Å². The molecule has 3 heteroatoms. The summed E-state index contributed by atoms with van der Waals surface area (Å²) in [5, 5.41) is 3.79. The zero-order valence-electron chi connectivity index (χ0n) is 13.4. The Hall–Kier alpha value is -0.540. The van der Waals surface area contributed by atoms with Crippen molar-refractivity contribution in [2.75, 3.05) is 7.11 Å². The molecular formula is C18H26BrNO. The van der Waals surface area contributed by atoms with Crippen LogP contribution in [-0.2, 0) is 6.54 Å². The van der Waals surface area contributed by atoms with Crippen molar-refractivity contribution >= 4 is 15.9 Å². The van der Waals surface area contributed by atoms with Crippen molar-refractivity contribution in [1.29, 1.82) is 0 Å². The maximum absolute atomic E-state index is 5.47. The number of halogens is 1. The third-order valence-electron chi connectivity index (χ3n) is 6.15. The van der Waals surface area contributed by atoms with Crippen molar-refractivity contribution in [3.05, 3.63) is 28.2 Å². The average molecular weight is 352 g/mol. The molecule has 1 aromatic carbocycles. The first-order valence-corrected chi connectivity index (χ1v) is 8.78. The van der Waals surface area contributed by atoms with Gasteiger partial charge >= 0.3 is 0 Å². The lowest BCUT2D eigenvalue weighted by molar-refractivity contribution is -0.115. The summed E-state index contributed by atoms with van der Waals surface area (Å²) in [6.07, 6.45) is 2.76. The van der Waals surface area contributed by atoms with Crippen molar-refractivity contribution in [1.82, 2.24) is 5.32 Å². The van der Waals surface area contributed by atoms with E-state index >= 15 is 0 Å². The molecule has 0 heterocycles. The van der Waals surface area contributed by atoms with E-state index in [2.05, 4.69) is 48.1 Å². The molecule has 4 atom stereocenters. The van der Waals surface area contributed by atoms with Gasteiger partial charge in [-0.05, 0) is 54.2 Å². The lowest BCUT2D eigenvalue weighted by atomic mass is 9.45. The van der Waals surface area contributed by atoms with E-state index in [0.717, 1.165) is 34.5 Å². The van der Waals surface area contributed by atoms with E-state index in [1.165, 1.54) is 18.4 Å². The molecule has 3 aliphatic carbocycles. The Kier molecular flexibility index (Phi) is 4.08. The van der Waals surface area contributed by atoms with Crippen LogP contribution in [0.15, 0.2) is 22.7 Å². The molecule has 0 aromatic heterocycles. The maximum Gasteiger partial charge on any atom is 0.123 e. The summed E-state index contributed by atoms with van der Waals surface area (Å²) in [5.41, 5.74) is 1.79. The van der Waals surface area contributed by atoms with Gasteiger partial charge in [0.2, 0.25) is 0 Å². The molecule has 0 unspecified atom stereocenters. The summed E-state index contributed by atoms with van der Waals surface area (Å²) in [6, 6.07) is 6.87. The van der Waals surface area contributed by atoms with Gasteiger partial charge in [0.05, 0.1) is 7.11 Å². The number of hydrogen-bond acceptors (Lipinski definition) is 2. The molecule has 0 amide bonds. The highest BCUT2D eigenvalue weighted by Crippen LogP contribution is 2.61. The van der Waals surface area contributed by atoms with Gasteiger partial charge in [-0.3, -0.25) is 0 Å². The van der Waals surface area contributed by atoms with Crippen LogP contribution in [-0.4, -0.2) is 13.2 Å². The normalized spacial score (nSPS) is 33.4. The summed E-state index contributed by atoms with van der Waals surface area (Å²) in [6.45, 7) is 8.22. The Morgan fingerprint density at radius 2 is 2.10 bits per heavy atom. The van der Waals surface area contributed by atoms with Crippen LogP contribution in [0.1, 0.15) is 39.2 Å². The average Bonchev–Trinajstić information content (AvgIpc) is 2.45. The van der Waals surface area contributed by atoms with Gasteiger partial charge in [0.15, 0.2) is 0 Å². The number of hydrogen-bond donors (Lipinski definition) is 1. The second kappa shape index (κ2) is 5.58. The van der Waals surface area contributed by atoms with Gasteiger partial charge in [-0.2, -0.15) is 0 Å². The molecule has 0 saturated heterocycles. The molecule has 1 aromatic rings. The fourth-order valence-corrected chi connectivity index (χ4v) is 4.95. The zero-order valence-corrected chi connectivity index (χ0v) is 15.0. The van der Waals surface area contributed by atoms with Gasteiger partial charge < -0.3 is 10.1 Å². The number of rotatable bonds is 4. The largest absolute Gasteiger partial charge is 0.496 e. The van der Waals surface area contributed by atoms with Gasteiger partial charge in [-0.15, -0.1) is 0 Å². The number of ether oxygens (including phenoxy) is 1. The Bertz CT molecular complexity index is 528. The van der Waals surface area contributed by atoms with Crippen molar-refractivity contribution in [2.45, 2.75) is 46.2 Å². The highest BCUT2D eigenvalue weighted by atomic mass is 79.9. The zero-order chi connectivity index (χ0) is 15.2. The summed E-state index contributed by atoms with van der Waals surface area (Å²) in [7, 11) is 1.74. The molecule has 3 fully saturated rings. The van der Waals surface area contributed by atoms with E-state index in [1.54, 1.807) is 7.11 Å². The molecular weight excluding hydrogens is 326 g/mol. The Labute approximate surface area is 136 Å². The summed E-state index contributed by atoms with van der Waals surface area (Å²) in [5.74, 6) is 3.53. The molecule has 0 aliphatic heterocycles. The first-order valence-electron chi connectivity index (χ1n) is 7.99. The number of benzene rings is 1. The SMILES string of the molecule is COc1ccc(Br)cc1CN[C@H]1C[C@H]2C[C@@H]([C@@H]1C)C2(C)C. The smallest absolute Gasteiger partial charge is 0.123 e. The van der Waals surface area contributed by atoms with Crippen LogP contribution in [0.3, 0.4) is 0 Å². The van der Waals surface area contributed by atoms with Gasteiger partial charge in [-0.25, -0.2) is 0 Å². The quantitative estimate of drug-likeness (QED) is 0.854. The van der Waals surface area contributed by atoms with E-state index in [-0.39, 0.29) is 0 Å². The monoisotopic (exact) mass is 351 g/mol. The minimum Gasteiger partial charge on any atom is -0.496 e. The number of methoxy groups -OCH3 is 1. The van der Waals surface area contributed by atoms with Gasteiger partial charge in [0, 0.05) is 22.6 Å². The van der Waals surface area contributed by atoms with E-state index in [1.807, 2.05) is 12.1 Å². The van der Waals surface area contributed by atoms with Crippen LogP contribution in [0.2, 0.25) is 0 Å². The molecule has 2 nitrogen and oxygen atoms in total. The molecule has 4 rings (SSSR count). The van der Waals surface area contributed by atoms with E-state index < -0.39 is 0 Å². The Morgan fingerprint density at radius 3 is 2.71 bits per heavy atom. The standard InChI is InChI=1S/C18H26BrNO/c1-11-15-8-13(18(15,2)3)9-16(11)20-10-12-7-14(19)5-6-17(12)21-4/h5-7,11,13,15-16,20H,8-10H2,1-4H3/t11-,13+,15-,16-/m0/s1. The summed E-state index contributed by atoms with van der Waals surface area (Å²) in [4.78, 5) is 0. The van der Waals surface area contributed by atoms with Crippen molar-refractivity contribution in [2.24, 2.45) is 23.2 Å². The minimum atomic E-state index is 0.561. The molecule has 3 aliphatic rings. The van der Waals surface area contributed by atoms with Crippen LogP contribution in [0.4, 0.5) is 0 Å². The third kappa shape index (κ3) is 2.63. The molecule has 0 spiro atoms.